The minimum Gasteiger partial charge on any atom is -0.390 e. The summed E-state index contributed by atoms with van der Waals surface area (Å²) in [5.74, 6) is 0.493. The van der Waals surface area contributed by atoms with Crippen LogP contribution in [-0.4, -0.2) is 77.8 Å². The zero-order valence-electron chi connectivity index (χ0n) is 13.5. The first-order chi connectivity index (χ1) is 11.7. The van der Waals surface area contributed by atoms with E-state index < -0.39 is 12.5 Å². The Hall–Kier alpha value is -1.93. The van der Waals surface area contributed by atoms with Crippen LogP contribution < -0.4 is 0 Å². The number of oxime groups is 1. The number of morpholine rings is 1. The monoisotopic (exact) mass is 333 g/mol. The summed E-state index contributed by atoms with van der Waals surface area (Å²) < 4.78 is 5.30. The van der Waals surface area contributed by atoms with Gasteiger partial charge in [0.05, 0.1) is 25.9 Å². The highest BCUT2D eigenvalue weighted by Gasteiger charge is 2.29. The molecule has 2 aliphatic rings. The molecule has 2 atom stereocenters. The number of rotatable bonds is 6. The number of aliphatic hydroxyl groups excluding tert-OH is 2. The molecule has 7 nitrogen and oxygen atoms in total. The molecule has 0 aliphatic carbocycles. The summed E-state index contributed by atoms with van der Waals surface area (Å²) in [7, 11) is 0. The number of nitrogens with zero attached hydrogens (tertiary/aromatic N) is 3. The molecule has 1 aromatic carbocycles. The lowest BCUT2D eigenvalue weighted by atomic mass is 10.2. The number of hydrogen-bond acceptors (Lipinski definition) is 7. The topological polar surface area (TPSA) is 77.8 Å². The average molecular weight is 333 g/mol. The predicted molar refractivity (Wildman–Crippen MR) is 90.0 cm³/mol. The van der Waals surface area contributed by atoms with Crippen molar-refractivity contribution in [1.82, 2.24) is 9.80 Å². The normalized spacial score (nSPS) is 23.3. The Kier molecular flexibility index (Phi) is 5.81. The molecule has 2 N–H and O–H groups in total. The summed E-state index contributed by atoms with van der Waals surface area (Å²) in [6.07, 6.45) is 1.88. The second-order valence-corrected chi connectivity index (χ2v) is 5.84. The Balaban J connectivity index is 1.56. The van der Waals surface area contributed by atoms with E-state index in [4.69, 9.17) is 9.57 Å². The highest BCUT2D eigenvalue weighted by molar-refractivity contribution is 5.96. The molecule has 0 spiro atoms. The maximum absolute atomic E-state index is 10.3. The van der Waals surface area contributed by atoms with Crippen LogP contribution in [0.15, 0.2) is 41.6 Å². The number of hydrogen-bond donors (Lipinski definition) is 2. The van der Waals surface area contributed by atoms with Crippen LogP contribution in [0, 0.1) is 0 Å². The molecule has 7 heteroatoms. The van der Waals surface area contributed by atoms with Crippen LogP contribution in [0.3, 0.4) is 0 Å². The lowest BCUT2D eigenvalue weighted by Crippen LogP contribution is -2.47. The molecule has 2 heterocycles. The van der Waals surface area contributed by atoms with Crippen LogP contribution >= 0.6 is 0 Å². The molecule has 0 bridgehead atoms. The van der Waals surface area contributed by atoms with Crippen molar-refractivity contribution in [3.63, 3.8) is 0 Å². The zero-order chi connectivity index (χ0) is 16.8. The lowest BCUT2D eigenvalue weighted by Gasteiger charge is -2.30. The van der Waals surface area contributed by atoms with Crippen LogP contribution in [0.2, 0.25) is 0 Å². The van der Waals surface area contributed by atoms with Gasteiger partial charge < -0.3 is 19.8 Å². The van der Waals surface area contributed by atoms with Crippen LogP contribution in [0.25, 0.3) is 6.08 Å². The Bertz CT molecular complexity index is 572. The molecular formula is C17H23N3O4. The van der Waals surface area contributed by atoms with Gasteiger partial charge in [-0.1, -0.05) is 41.6 Å². The molecule has 3 rings (SSSR count). The van der Waals surface area contributed by atoms with Crippen molar-refractivity contribution in [3.05, 3.63) is 42.0 Å². The van der Waals surface area contributed by atoms with Crippen molar-refractivity contribution in [3.8, 4) is 0 Å². The van der Waals surface area contributed by atoms with Gasteiger partial charge in [-0.15, -0.1) is 0 Å². The summed E-state index contributed by atoms with van der Waals surface area (Å²) in [4.78, 5) is 8.62. The van der Waals surface area contributed by atoms with E-state index in [-0.39, 0.29) is 6.54 Å². The molecule has 2 aliphatic heterocycles. The molecule has 0 amide bonds. The average Bonchev–Trinajstić information content (AvgIpc) is 2.95. The first-order valence-electron chi connectivity index (χ1n) is 8.12. The van der Waals surface area contributed by atoms with Gasteiger partial charge in [-0.25, -0.2) is 0 Å². The third kappa shape index (κ3) is 4.55. The van der Waals surface area contributed by atoms with Gasteiger partial charge in [0.2, 0.25) is 0 Å². The van der Waals surface area contributed by atoms with Gasteiger partial charge in [-0.3, -0.25) is 9.80 Å². The van der Waals surface area contributed by atoms with Crippen LogP contribution in [-0.2, 0) is 9.57 Å². The third-order valence-electron chi connectivity index (χ3n) is 4.01. The molecule has 24 heavy (non-hydrogen) atoms. The molecule has 130 valence electrons. The number of amidine groups is 1. The SMILES string of the molecule is OC(CN1CCOCC1)CN1C(C=Cc2ccccc2)=NOC1O. The van der Waals surface area contributed by atoms with Gasteiger partial charge in [0.25, 0.3) is 0 Å². The van der Waals surface area contributed by atoms with Crippen molar-refractivity contribution in [1.29, 1.82) is 0 Å². The van der Waals surface area contributed by atoms with Crippen molar-refractivity contribution >= 4 is 11.9 Å². The summed E-state index contributed by atoms with van der Waals surface area (Å²) >= 11 is 0. The molecule has 1 aromatic rings. The molecule has 0 radical (unpaired) electrons. The van der Waals surface area contributed by atoms with E-state index in [9.17, 15) is 10.2 Å². The van der Waals surface area contributed by atoms with E-state index >= 15 is 0 Å². The van der Waals surface area contributed by atoms with E-state index in [0.29, 0.717) is 25.6 Å². The second-order valence-electron chi connectivity index (χ2n) is 5.84. The van der Waals surface area contributed by atoms with Crippen LogP contribution in [0.5, 0.6) is 0 Å². The van der Waals surface area contributed by atoms with Gasteiger partial charge in [-0.2, -0.15) is 0 Å². The molecular weight excluding hydrogens is 310 g/mol. The van der Waals surface area contributed by atoms with Gasteiger partial charge in [0.1, 0.15) is 0 Å². The van der Waals surface area contributed by atoms with Crippen LogP contribution in [0.4, 0.5) is 0 Å². The maximum Gasteiger partial charge on any atom is 0.307 e. The first-order valence-corrected chi connectivity index (χ1v) is 8.12. The fourth-order valence-corrected chi connectivity index (χ4v) is 2.73. The fourth-order valence-electron chi connectivity index (χ4n) is 2.73. The van der Waals surface area contributed by atoms with E-state index in [1.54, 1.807) is 11.0 Å². The minimum atomic E-state index is -1.17. The Morgan fingerprint density at radius 3 is 2.67 bits per heavy atom. The van der Waals surface area contributed by atoms with Crippen LogP contribution in [0.1, 0.15) is 5.56 Å². The van der Waals surface area contributed by atoms with Gasteiger partial charge in [-0.05, 0) is 11.6 Å². The minimum absolute atomic E-state index is 0.247. The summed E-state index contributed by atoms with van der Waals surface area (Å²) in [6.45, 7) is 3.78. The number of aliphatic hydroxyl groups is 2. The predicted octanol–water partition coefficient (Wildman–Crippen LogP) is 0.315. The van der Waals surface area contributed by atoms with E-state index in [1.165, 1.54) is 0 Å². The largest absolute Gasteiger partial charge is 0.390 e. The fraction of sp³-hybridized carbons (Fsp3) is 0.471. The standard InChI is InChI=1S/C17H23N3O4/c21-15(12-19-8-10-23-11-9-19)13-20-16(18-24-17(20)22)7-6-14-4-2-1-3-5-14/h1-7,15,17,21-22H,8-13H2. The Labute approximate surface area is 141 Å². The lowest BCUT2D eigenvalue weighted by molar-refractivity contribution is -0.151. The highest BCUT2D eigenvalue weighted by Crippen LogP contribution is 2.14. The molecule has 0 saturated carbocycles. The van der Waals surface area contributed by atoms with Crippen molar-refractivity contribution < 1.29 is 19.8 Å². The van der Waals surface area contributed by atoms with E-state index in [0.717, 1.165) is 18.7 Å². The van der Waals surface area contributed by atoms with E-state index in [2.05, 4.69) is 10.1 Å². The molecule has 0 aromatic heterocycles. The number of β-amino-alcohol motifs (C(OH)–C–C–N with tert-alkyl or cyclic N) is 1. The number of benzene rings is 1. The zero-order valence-corrected chi connectivity index (χ0v) is 13.5. The molecule has 2 unspecified atom stereocenters. The maximum atomic E-state index is 10.3. The van der Waals surface area contributed by atoms with Gasteiger partial charge in [0, 0.05) is 19.6 Å². The van der Waals surface area contributed by atoms with Crippen molar-refractivity contribution in [2.75, 3.05) is 39.4 Å². The summed E-state index contributed by atoms with van der Waals surface area (Å²) in [5, 5.41) is 24.1. The molecule has 1 fully saturated rings. The second kappa shape index (κ2) is 8.25. The van der Waals surface area contributed by atoms with Crippen molar-refractivity contribution in [2.45, 2.75) is 12.5 Å². The quantitative estimate of drug-likeness (QED) is 0.780. The third-order valence-corrected chi connectivity index (χ3v) is 4.01. The summed E-state index contributed by atoms with van der Waals surface area (Å²) in [5.41, 5.74) is 1.02. The first kappa shape index (κ1) is 16.9. The smallest absolute Gasteiger partial charge is 0.307 e. The van der Waals surface area contributed by atoms with E-state index in [1.807, 2.05) is 36.4 Å². The Morgan fingerprint density at radius 2 is 1.92 bits per heavy atom. The Morgan fingerprint density at radius 1 is 1.17 bits per heavy atom. The number of ether oxygens (including phenoxy) is 1. The highest BCUT2D eigenvalue weighted by atomic mass is 16.7. The van der Waals surface area contributed by atoms with Gasteiger partial charge >= 0.3 is 6.41 Å². The molecule has 1 saturated heterocycles. The van der Waals surface area contributed by atoms with Crippen molar-refractivity contribution in [2.24, 2.45) is 5.16 Å². The summed E-state index contributed by atoms with van der Waals surface area (Å²) in [6, 6.07) is 9.80. The van der Waals surface area contributed by atoms with Gasteiger partial charge in [0.15, 0.2) is 5.84 Å².